The molecule has 0 unspecified atom stereocenters. The predicted octanol–water partition coefficient (Wildman–Crippen LogP) is 3.17. The normalized spacial score (nSPS) is 9.69. The van der Waals surface area contributed by atoms with Crippen molar-refractivity contribution < 1.29 is 9.13 Å². The minimum atomic E-state index is -0.327. The highest BCUT2D eigenvalue weighted by Gasteiger charge is 2.00. The minimum absolute atomic E-state index is 0.289. The zero-order valence-corrected chi connectivity index (χ0v) is 7.72. The van der Waals surface area contributed by atoms with Crippen LogP contribution in [-0.2, 0) is 0 Å². The zero-order chi connectivity index (χ0) is 9.68. The molecular formula is C11H13FO. The number of rotatable bonds is 4. The second-order valence-corrected chi connectivity index (χ2v) is 2.82. The average Bonchev–Trinajstić information content (AvgIpc) is 2.16. The number of hydrogen-bond donors (Lipinski definition) is 0. The second kappa shape index (κ2) is 4.65. The van der Waals surface area contributed by atoms with Gasteiger partial charge in [0.05, 0.1) is 0 Å². The van der Waals surface area contributed by atoms with Crippen molar-refractivity contribution in [3.05, 3.63) is 42.2 Å². The Hall–Kier alpha value is -1.31. The van der Waals surface area contributed by atoms with Gasteiger partial charge in [-0.1, -0.05) is 25.6 Å². The molecule has 0 amide bonds. The quantitative estimate of drug-likeness (QED) is 0.646. The second-order valence-electron chi connectivity index (χ2n) is 2.82. The molecule has 0 fully saturated rings. The first-order valence-electron chi connectivity index (χ1n) is 4.28. The summed E-state index contributed by atoms with van der Waals surface area (Å²) in [5.74, 6) is -0.0384. The van der Waals surface area contributed by atoms with Crippen LogP contribution in [0.4, 0.5) is 4.39 Å². The highest BCUT2D eigenvalue weighted by atomic mass is 19.1. The van der Waals surface area contributed by atoms with Gasteiger partial charge in [-0.2, -0.15) is 0 Å². The molecule has 0 saturated carbocycles. The first-order valence-corrected chi connectivity index (χ1v) is 4.28. The summed E-state index contributed by atoms with van der Waals surface area (Å²) in [6.45, 7) is 6.15. The molecule has 0 aliphatic carbocycles. The lowest BCUT2D eigenvalue weighted by atomic mass is 10.2. The average molecular weight is 180 g/mol. The van der Waals surface area contributed by atoms with Gasteiger partial charge in [0.25, 0.3) is 0 Å². The van der Waals surface area contributed by atoms with Crippen molar-refractivity contribution in [3.8, 4) is 5.75 Å². The third kappa shape index (κ3) is 2.90. The molecule has 0 atom stereocenters. The lowest BCUT2D eigenvalue weighted by molar-refractivity contribution is 0.329. The maximum Gasteiger partial charge on any atom is 0.165 e. The maximum atomic E-state index is 13.0. The van der Waals surface area contributed by atoms with Crippen LogP contribution in [0.15, 0.2) is 36.4 Å². The van der Waals surface area contributed by atoms with Gasteiger partial charge in [0, 0.05) is 0 Å². The van der Waals surface area contributed by atoms with E-state index in [0.29, 0.717) is 6.61 Å². The number of benzene rings is 1. The van der Waals surface area contributed by atoms with E-state index in [4.69, 9.17) is 4.74 Å². The van der Waals surface area contributed by atoms with Gasteiger partial charge in [0.1, 0.15) is 6.61 Å². The van der Waals surface area contributed by atoms with E-state index in [2.05, 4.69) is 6.58 Å². The van der Waals surface area contributed by atoms with Gasteiger partial charge in [-0.15, -0.1) is 0 Å². The van der Waals surface area contributed by atoms with Crippen molar-refractivity contribution in [2.75, 3.05) is 6.61 Å². The fourth-order valence-corrected chi connectivity index (χ4v) is 0.844. The standard InChI is InChI=1S/C11H13FO/c1-3-9(2)8-13-11-7-5-4-6-10(11)12/h4-7H,2-3,8H2,1H3. The monoisotopic (exact) mass is 180 g/mol. The van der Waals surface area contributed by atoms with Crippen LogP contribution in [0, 0.1) is 5.82 Å². The fourth-order valence-electron chi connectivity index (χ4n) is 0.844. The number of ether oxygens (including phenoxy) is 1. The van der Waals surface area contributed by atoms with Crippen LogP contribution in [0.25, 0.3) is 0 Å². The Morgan fingerprint density at radius 1 is 1.46 bits per heavy atom. The Labute approximate surface area is 77.8 Å². The highest BCUT2D eigenvalue weighted by Crippen LogP contribution is 2.16. The zero-order valence-electron chi connectivity index (χ0n) is 7.72. The Morgan fingerprint density at radius 3 is 2.77 bits per heavy atom. The Kier molecular flexibility index (Phi) is 3.50. The van der Waals surface area contributed by atoms with E-state index in [0.717, 1.165) is 12.0 Å². The van der Waals surface area contributed by atoms with Gasteiger partial charge < -0.3 is 4.74 Å². The summed E-state index contributed by atoms with van der Waals surface area (Å²) in [7, 11) is 0. The first kappa shape index (κ1) is 9.78. The molecule has 0 aromatic heterocycles. The van der Waals surface area contributed by atoms with E-state index in [1.165, 1.54) is 6.07 Å². The van der Waals surface area contributed by atoms with E-state index in [1.807, 2.05) is 6.92 Å². The van der Waals surface area contributed by atoms with Crippen LogP contribution < -0.4 is 4.74 Å². The summed E-state index contributed by atoms with van der Waals surface area (Å²) in [5.41, 5.74) is 0.961. The Balaban J connectivity index is 2.54. The molecule has 2 heteroatoms. The van der Waals surface area contributed by atoms with Gasteiger partial charge in [0.15, 0.2) is 11.6 Å². The molecule has 1 aromatic rings. The van der Waals surface area contributed by atoms with Crippen LogP contribution in [0.5, 0.6) is 5.75 Å². The number of hydrogen-bond acceptors (Lipinski definition) is 1. The molecule has 0 saturated heterocycles. The van der Waals surface area contributed by atoms with E-state index in [-0.39, 0.29) is 11.6 Å². The molecule has 70 valence electrons. The van der Waals surface area contributed by atoms with E-state index in [9.17, 15) is 4.39 Å². The summed E-state index contributed by atoms with van der Waals surface area (Å²) < 4.78 is 18.2. The molecule has 0 aliphatic heterocycles. The van der Waals surface area contributed by atoms with Crippen LogP contribution in [-0.4, -0.2) is 6.61 Å². The molecule has 13 heavy (non-hydrogen) atoms. The lowest BCUT2D eigenvalue weighted by Gasteiger charge is -2.07. The summed E-state index contributed by atoms with van der Waals surface area (Å²) in [6.07, 6.45) is 0.856. The van der Waals surface area contributed by atoms with Crippen molar-refractivity contribution in [2.45, 2.75) is 13.3 Å². The van der Waals surface area contributed by atoms with E-state index < -0.39 is 0 Å². The summed E-state index contributed by atoms with van der Waals surface area (Å²) >= 11 is 0. The summed E-state index contributed by atoms with van der Waals surface area (Å²) in [6, 6.07) is 6.37. The third-order valence-corrected chi connectivity index (χ3v) is 1.77. The van der Waals surface area contributed by atoms with Crippen LogP contribution in [0.1, 0.15) is 13.3 Å². The smallest absolute Gasteiger partial charge is 0.165 e. The molecule has 0 N–H and O–H groups in total. The largest absolute Gasteiger partial charge is 0.486 e. The topological polar surface area (TPSA) is 9.23 Å². The fraction of sp³-hybridized carbons (Fsp3) is 0.273. The molecule has 0 radical (unpaired) electrons. The SMILES string of the molecule is C=C(CC)COc1ccccc1F. The van der Waals surface area contributed by atoms with Crippen molar-refractivity contribution >= 4 is 0 Å². The predicted molar refractivity (Wildman–Crippen MR) is 51.3 cm³/mol. The number of halogens is 1. The molecule has 1 nitrogen and oxygen atoms in total. The maximum absolute atomic E-state index is 13.0. The van der Waals surface area contributed by atoms with Gasteiger partial charge >= 0.3 is 0 Å². The lowest BCUT2D eigenvalue weighted by Crippen LogP contribution is -2.00. The highest BCUT2D eigenvalue weighted by molar-refractivity contribution is 5.24. The first-order chi connectivity index (χ1) is 6.24. The van der Waals surface area contributed by atoms with Gasteiger partial charge in [-0.05, 0) is 24.1 Å². The van der Waals surface area contributed by atoms with Crippen molar-refractivity contribution in [1.29, 1.82) is 0 Å². The van der Waals surface area contributed by atoms with Gasteiger partial charge in [0.2, 0.25) is 0 Å². The molecule has 0 aliphatic rings. The van der Waals surface area contributed by atoms with Crippen LogP contribution in [0.3, 0.4) is 0 Å². The minimum Gasteiger partial charge on any atom is -0.486 e. The van der Waals surface area contributed by atoms with E-state index >= 15 is 0 Å². The third-order valence-electron chi connectivity index (χ3n) is 1.77. The van der Waals surface area contributed by atoms with Crippen molar-refractivity contribution in [1.82, 2.24) is 0 Å². The van der Waals surface area contributed by atoms with Crippen molar-refractivity contribution in [3.63, 3.8) is 0 Å². The Morgan fingerprint density at radius 2 is 2.15 bits per heavy atom. The molecule has 1 aromatic carbocycles. The summed E-state index contributed by atoms with van der Waals surface area (Å²) in [4.78, 5) is 0. The Bertz CT molecular complexity index is 294. The number of para-hydroxylation sites is 1. The van der Waals surface area contributed by atoms with Crippen molar-refractivity contribution in [2.24, 2.45) is 0 Å². The summed E-state index contributed by atoms with van der Waals surface area (Å²) in [5, 5.41) is 0. The van der Waals surface area contributed by atoms with Gasteiger partial charge in [-0.25, -0.2) is 4.39 Å². The molecule has 0 heterocycles. The molecule has 0 bridgehead atoms. The van der Waals surface area contributed by atoms with E-state index in [1.54, 1.807) is 18.2 Å². The van der Waals surface area contributed by atoms with Crippen LogP contribution >= 0.6 is 0 Å². The molecular weight excluding hydrogens is 167 g/mol. The van der Waals surface area contributed by atoms with Crippen LogP contribution in [0.2, 0.25) is 0 Å². The van der Waals surface area contributed by atoms with Gasteiger partial charge in [-0.3, -0.25) is 0 Å². The molecule has 0 spiro atoms. The molecule has 1 rings (SSSR count).